The number of hydrogen-bond donors (Lipinski definition) is 0. The number of hydrogen-bond acceptors (Lipinski definition) is 4. The van der Waals surface area contributed by atoms with Crippen LogP contribution in [0.2, 0.25) is 0 Å². The first-order valence-corrected chi connectivity index (χ1v) is 8.14. The van der Waals surface area contributed by atoms with Crippen molar-refractivity contribution in [3.63, 3.8) is 0 Å². The van der Waals surface area contributed by atoms with E-state index in [9.17, 15) is 4.79 Å². The Labute approximate surface area is 142 Å². The molecule has 0 aliphatic carbocycles. The second kappa shape index (κ2) is 6.65. The van der Waals surface area contributed by atoms with Crippen LogP contribution in [-0.2, 0) is 14.3 Å². The molecule has 1 fully saturated rings. The van der Waals surface area contributed by atoms with Crippen LogP contribution in [0.25, 0.3) is 0 Å². The predicted molar refractivity (Wildman–Crippen MR) is 91.0 cm³/mol. The highest BCUT2D eigenvalue weighted by Crippen LogP contribution is 2.43. The minimum atomic E-state index is -0.874. The molecule has 0 saturated carbocycles. The van der Waals surface area contributed by atoms with Gasteiger partial charge in [-0.2, -0.15) is 0 Å². The number of carbonyl (C=O) groups is 1. The molecule has 1 heterocycles. The van der Waals surface area contributed by atoms with E-state index in [1.165, 1.54) is 0 Å². The number of methoxy groups -OCH3 is 1. The number of esters is 1. The summed E-state index contributed by atoms with van der Waals surface area (Å²) in [6, 6.07) is 17.2. The monoisotopic (exact) mass is 326 g/mol. The summed E-state index contributed by atoms with van der Waals surface area (Å²) in [5.74, 6) is 1.24. The van der Waals surface area contributed by atoms with Crippen LogP contribution >= 0.6 is 0 Å². The van der Waals surface area contributed by atoms with Crippen molar-refractivity contribution in [1.82, 2.24) is 0 Å². The highest BCUT2D eigenvalue weighted by Gasteiger charge is 2.52. The summed E-state index contributed by atoms with van der Waals surface area (Å²) in [5, 5.41) is 0. The molecule has 126 valence electrons. The van der Waals surface area contributed by atoms with Gasteiger partial charge >= 0.3 is 5.97 Å². The molecular weight excluding hydrogens is 304 g/mol. The standard InChI is InChI=1S/C20H22O4/c1-14(2)20(22-3)13-18(24-19(20)21)15-8-7-11-17(12-15)23-16-9-5-4-6-10-16/h4-12,14,18H,13H2,1-3H3. The van der Waals surface area contributed by atoms with Crippen molar-refractivity contribution in [2.45, 2.75) is 32.0 Å². The van der Waals surface area contributed by atoms with Gasteiger partial charge in [0.25, 0.3) is 0 Å². The largest absolute Gasteiger partial charge is 0.457 e. The number of rotatable bonds is 5. The molecule has 0 aromatic heterocycles. The first-order valence-electron chi connectivity index (χ1n) is 8.14. The van der Waals surface area contributed by atoms with E-state index < -0.39 is 5.60 Å². The van der Waals surface area contributed by atoms with Crippen LogP contribution in [0.15, 0.2) is 54.6 Å². The Morgan fingerprint density at radius 2 is 1.79 bits per heavy atom. The quantitative estimate of drug-likeness (QED) is 0.759. The maximum atomic E-state index is 12.3. The molecule has 4 heteroatoms. The maximum absolute atomic E-state index is 12.3. The fraction of sp³-hybridized carbons (Fsp3) is 0.350. The number of cyclic esters (lactones) is 1. The van der Waals surface area contributed by atoms with Crippen LogP contribution in [-0.4, -0.2) is 18.7 Å². The highest BCUT2D eigenvalue weighted by molar-refractivity contribution is 5.82. The second-order valence-electron chi connectivity index (χ2n) is 6.33. The Kier molecular flexibility index (Phi) is 4.58. The Balaban J connectivity index is 1.81. The van der Waals surface area contributed by atoms with Gasteiger partial charge in [-0.05, 0) is 35.7 Å². The minimum absolute atomic E-state index is 0.0451. The van der Waals surface area contributed by atoms with Gasteiger partial charge in [0.05, 0.1) is 0 Å². The van der Waals surface area contributed by atoms with Gasteiger partial charge in [-0.15, -0.1) is 0 Å². The molecule has 0 spiro atoms. The normalized spacial score (nSPS) is 23.3. The third-order valence-electron chi connectivity index (χ3n) is 4.59. The Bertz CT molecular complexity index is 711. The van der Waals surface area contributed by atoms with E-state index in [4.69, 9.17) is 14.2 Å². The van der Waals surface area contributed by atoms with Gasteiger partial charge in [-0.3, -0.25) is 0 Å². The van der Waals surface area contributed by atoms with Crippen molar-refractivity contribution in [2.75, 3.05) is 7.11 Å². The van der Waals surface area contributed by atoms with Crippen molar-refractivity contribution in [2.24, 2.45) is 5.92 Å². The van der Waals surface area contributed by atoms with E-state index in [-0.39, 0.29) is 18.0 Å². The van der Waals surface area contributed by atoms with Gasteiger partial charge in [-0.25, -0.2) is 4.79 Å². The Morgan fingerprint density at radius 3 is 2.42 bits per heavy atom. The molecule has 1 aliphatic rings. The molecule has 2 unspecified atom stereocenters. The van der Waals surface area contributed by atoms with E-state index in [0.717, 1.165) is 11.3 Å². The van der Waals surface area contributed by atoms with Gasteiger partial charge in [0.2, 0.25) is 0 Å². The molecule has 2 aromatic carbocycles. The highest BCUT2D eigenvalue weighted by atomic mass is 16.6. The van der Waals surface area contributed by atoms with Gasteiger partial charge < -0.3 is 14.2 Å². The molecule has 2 atom stereocenters. The summed E-state index contributed by atoms with van der Waals surface area (Å²) in [6.07, 6.45) is 0.189. The smallest absolute Gasteiger partial charge is 0.339 e. The van der Waals surface area contributed by atoms with Crippen molar-refractivity contribution in [1.29, 1.82) is 0 Å². The fourth-order valence-electron chi connectivity index (χ4n) is 3.09. The zero-order valence-electron chi connectivity index (χ0n) is 14.2. The van der Waals surface area contributed by atoms with Crippen LogP contribution < -0.4 is 4.74 Å². The molecule has 0 bridgehead atoms. The first-order chi connectivity index (χ1) is 11.5. The summed E-state index contributed by atoms with van der Waals surface area (Å²) in [5.41, 5.74) is 0.0392. The third kappa shape index (κ3) is 3.02. The molecule has 1 saturated heterocycles. The summed E-state index contributed by atoms with van der Waals surface area (Å²) >= 11 is 0. The molecule has 0 amide bonds. The van der Waals surface area contributed by atoms with E-state index in [1.54, 1.807) is 7.11 Å². The van der Waals surface area contributed by atoms with Crippen LogP contribution in [0.1, 0.15) is 31.9 Å². The van der Waals surface area contributed by atoms with E-state index in [2.05, 4.69) is 0 Å². The van der Waals surface area contributed by atoms with Gasteiger partial charge in [0, 0.05) is 13.5 Å². The van der Waals surface area contributed by atoms with E-state index in [1.807, 2.05) is 68.4 Å². The Morgan fingerprint density at radius 1 is 1.08 bits per heavy atom. The van der Waals surface area contributed by atoms with Gasteiger partial charge in [0.15, 0.2) is 5.60 Å². The molecule has 0 N–H and O–H groups in total. The molecule has 4 nitrogen and oxygen atoms in total. The summed E-state index contributed by atoms with van der Waals surface area (Å²) in [7, 11) is 1.57. The van der Waals surface area contributed by atoms with Crippen LogP contribution in [0.5, 0.6) is 11.5 Å². The van der Waals surface area contributed by atoms with Gasteiger partial charge in [0.1, 0.15) is 17.6 Å². The number of ether oxygens (including phenoxy) is 3. The predicted octanol–water partition coefficient (Wildman–Crippen LogP) is 4.51. The summed E-state index contributed by atoms with van der Waals surface area (Å²) in [4.78, 5) is 12.3. The van der Waals surface area contributed by atoms with Crippen molar-refractivity contribution < 1.29 is 19.0 Å². The number of benzene rings is 2. The lowest BCUT2D eigenvalue weighted by molar-refractivity contribution is -0.161. The first kappa shape index (κ1) is 16.5. The van der Waals surface area contributed by atoms with Crippen molar-refractivity contribution in [3.8, 4) is 11.5 Å². The lowest BCUT2D eigenvalue weighted by Crippen LogP contribution is -2.41. The topological polar surface area (TPSA) is 44.8 Å². The van der Waals surface area contributed by atoms with Crippen molar-refractivity contribution in [3.05, 3.63) is 60.2 Å². The number of carbonyl (C=O) groups excluding carboxylic acids is 1. The minimum Gasteiger partial charge on any atom is -0.457 e. The lowest BCUT2D eigenvalue weighted by Gasteiger charge is -2.27. The molecule has 1 aliphatic heterocycles. The molecule has 3 rings (SSSR count). The average molecular weight is 326 g/mol. The van der Waals surface area contributed by atoms with Gasteiger partial charge in [-0.1, -0.05) is 44.2 Å². The fourth-order valence-corrected chi connectivity index (χ4v) is 3.09. The maximum Gasteiger partial charge on any atom is 0.339 e. The summed E-state index contributed by atoms with van der Waals surface area (Å²) < 4.78 is 17.0. The zero-order valence-corrected chi connectivity index (χ0v) is 14.2. The zero-order chi connectivity index (χ0) is 17.2. The Hall–Kier alpha value is -2.33. The molecule has 24 heavy (non-hydrogen) atoms. The molecule has 2 aromatic rings. The molecule has 0 radical (unpaired) electrons. The van der Waals surface area contributed by atoms with E-state index >= 15 is 0 Å². The lowest BCUT2D eigenvalue weighted by atomic mass is 9.86. The van der Waals surface area contributed by atoms with Crippen LogP contribution in [0.4, 0.5) is 0 Å². The average Bonchev–Trinajstić information content (AvgIpc) is 2.94. The van der Waals surface area contributed by atoms with E-state index in [0.29, 0.717) is 12.2 Å². The summed E-state index contributed by atoms with van der Waals surface area (Å²) in [6.45, 7) is 3.95. The second-order valence-corrected chi connectivity index (χ2v) is 6.33. The van der Waals surface area contributed by atoms with Crippen molar-refractivity contribution >= 4 is 5.97 Å². The van der Waals surface area contributed by atoms with Crippen LogP contribution in [0, 0.1) is 5.92 Å². The number of para-hydroxylation sites is 1. The van der Waals surface area contributed by atoms with Crippen LogP contribution in [0.3, 0.4) is 0 Å². The SMILES string of the molecule is COC1(C(C)C)CC(c2cccc(Oc3ccccc3)c2)OC1=O. The third-order valence-corrected chi connectivity index (χ3v) is 4.59. The molecular formula is C20H22O4.